The summed E-state index contributed by atoms with van der Waals surface area (Å²) in [4.78, 5) is 77.1. The second-order valence-electron chi connectivity index (χ2n) is 13.5. The van der Waals surface area contributed by atoms with Gasteiger partial charge in [-0.05, 0) is 74.9 Å². The Morgan fingerprint density at radius 2 is 1.68 bits per heavy atom. The molecule has 6 rings (SSSR count). The van der Waals surface area contributed by atoms with Crippen molar-refractivity contribution in [2.24, 2.45) is 0 Å². The lowest BCUT2D eigenvalue weighted by molar-refractivity contribution is -0.137. The number of aromatic nitrogens is 2. The van der Waals surface area contributed by atoms with E-state index in [1.165, 1.54) is 19.1 Å². The van der Waals surface area contributed by atoms with E-state index in [4.69, 9.17) is 14.2 Å². The van der Waals surface area contributed by atoms with Crippen molar-refractivity contribution in [3.8, 4) is 23.0 Å². The zero-order valence-electron chi connectivity index (χ0n) is 32.4. The zero-order valence-corrected chi connectivity index (χ0v) is 32.4. The minimum atomic E-state index is -1.00. The SMILES string of the molecule is COc1cc2ccc1CNC(=O)[C@H](C)NC(=O)[C@H](CCc1ccccc1)NC(=O)CN(C(=O)CCc1cnccn1)CCCCNC(=O)c1ccc(OC)c(c1)O2. The predicted octanol–water partition coefficient (Wildman–Crippen LogP) is 3.51. The zero-order chi connectivity index (χ0) is 40.6. The number of hydrogen-bond acceptors (Lipinski definition) is 10. The molecule has 2 aliphatic rings. The number of fused-ring (bicyclic) bond motifs is 18. The van der Waals surface area contributed by atoms with E-state index in [1.54, 1.807) is 61.9 Å². The van der Waals surface area contributed by atoms with Gasteiger partial charge in [-0.1, -0.05) is 30.3 Å². The molecule has 2 aliphatic heterocycles. The number of amides is 5. The normalized spacial score (nSPS) is 17.4. The lowest BCUT2D eigenvalue weighted by Crippen LogP contribution is -2.54. The fraction of sp³-hybridized carbons (Fsp3) is 0.357. The summed E-state index contributed by atoms with van der Waals surface area (Å²) in [7, 11) is 2.99. The van der Waals surface area contributed by atoms with Crippen molar-refractivity contribution in [3.05, 3.63) is 108 Å². The standard InChI is InChI=1S/C42H49N7O8/c1-28-40(52)46-25-31-12-15-33(24-36(31)56-3)57-37-23-30(13-17-35(37)55-2)41(53)45-19-7-8-22-49(39(51)18-14-32-26-43-20-21-44-32)27-38(50)48-34(42(54)47-28)16-11-29-9-5-4-6-10-29/h4-6,9-10,12-13,15,17,20-21,23-24,26,28,34H,7-8,11,14,16,18-19,22,25,27H2,1-3H3,(H,45,53)(H,46,52)(H,47,54)(H,48,50)/t28-,34-/m0/s1. The second-order valence-corrected chi connectivity index (χ2v) is 13.5. The molecule has 4 aromatic rings. The van der Waals surface area contributed by atoms with Crippen LogP contribution in [0.25, 0.3) is 0 Å². The minimum Gasteiger partial charge on any atom is -0.496 e. The van der Waals surface area contributed by atoms with Crippen LogP contribution >= 0.6 is 0 Å². The van der Waals surface area contributed by atoms with Gasteiger partial charge in [-0.15, -0.1) is 0 Å². The molecule has 15 heteroatoms. The largest absolute Gasteiger partial charge is 0.496 e. The molecule has 3 heterocycles. The Hall–Kier alpha value is -6.51. The molecule has 0 spiro atoms. The summed E-state index contributed by atoms with van der Waals surface area (Å²) in [6, 6.07) is 17.5. The molecule has 0 fully saturated rings. The Bertz CT molecular complexity index is 2000. The Morgan fingerprint density at radius 1 is 0.877 bits per heavy atom. The van der Waals surface area contributed by atoms with Gasteiger partial charge in [-0.25, -0.2) is 0 Å². The van der Waals surface area contributed by atoms with Crippen molar-refractivity contribution in [2.45, 2.75) is 64.1 Å². The molecule has 2 atom stereocenters. The molecule has 300 valence electrons. The summed E-state index contributed by atoms with van der Waals surface area (Å²) in [6.07, 6.45) is 6.80. The summed E-state index contributed by atoms with van der Waals surface area (Å²) in [5, 5.41) is 11.3. The predicted molar refractivity (Wildman–Crippen MR) is 211 cm³/mol. The Labute approximate surface area is 331 Å². The molecule has 57 heavy (non-hydrogen) atoms. The molecule has 0 radical (unpaired) electrons. The highest BCUT2D eigenvalue weighted by Crippen LogP contribution is 2.35. The molecule has 0 saturated carbocycles. The number of hydrogen-bond donors (Lipinski definition) is 4. The van der Waals surface area contributed by atoms with E-state index < -0.39 is 29.8 Å². The molecule has 0 unspecified atom stereocenters. The van der Waals surface area contributed by atoms with Crippen LogP contribution < -0.4 is 35.5 Å². The van der Waals surface area contributed by atoms with Crippen LogP contribution in [0.15, 0.2) is 85.3 Å². The van der Waals surface area contributed by atoms with Gasteiger partial charge in [0.15, 0.2) is 11.5 Å². The molecule has 0 aliphatic carbocycles. The Morgan fingerprint density at radius 3 is 2.44 bits per heavy atom. The van der Waals surface area contributed by atoms with Crippen LogP contribution in [0, 0.1) is 0 Å². The van der Waals surface area contributed by atoms with E-state index in [1.807, 2.05) is 30.3 Å². The fourth-order valence-corrected chi connectivity index (χ4v) is 6.19. The molecule has 15 nitrogen and oxygen atoms in total. The van der Waals surface area contributed by atoms with Crippen molar-refractivity contribution in [3.63, 3.8) is 0 Å². The first kappa shape index (κ1) is 41.6. The third-order valence-electron chi connectivity index (χ3n) is 9.37. The van der Waals surface area contributed by atoms with Crippen LogP contribution in [0.1, 0.15) is 59.8 Å². The molecule has 1 aromatic heterocycles. The first-order valence-corrected chi connectivity index (χ1v) is 18.9. The van der Waals surface area contributed by atoms with Crippen LogP contribution in [0.2, 0.25) is 0 Å². The van der Waals surface area contributed by atoms with E-state index in [2.05, 4.69) is 31.2 Å². The first-order valence-electron chi connectivity index (χ1n) is 18.9. The van der Waals surface area contributed by atoms with E-state index in [-0.39, 0.29) is 44.3 Å². The number of nitrogens with one attached hydrogen (secondary N) is 4. The topological polar surface area (TPSA) is 190 Å². The van der Waals surface area contributed by atoms with Crippen LogP contribution in [0.4, 0.5) is 0 Å². The van der Waals surface area contributed by atoms with Gasteiger partial charge in [-0.2, -0.15) is 0 Å². The molecule has 4 N–H and O–H groups in total. The van der Waals surface area contributed by atoms with Crippen molar-refractivity contribution < 1.29 is 38.2 Å². The maximum atomic E-state index is 13.7. The number of nitrogens with zero attached hydrogens (tertiary/aromatic N) is 3. The highest BCUT2D eigenvalue weighted by molar-refractivity contribution is 5.95. The number of aryl methyl sites for hydroxylation is 2. The van der Waals surface area contributed by atoms with E-state index in [0.29, 0.717) is 72.0 Å². The number of rotatable bonds is 8. The molecule has 5 amide bonds. The average Bonchev–Trinajstić information content (AvgIpc) is 3.23. The summed E-state index contributed by atoms with van der Waals surface area (Å²) in [5.41, 5.74) is 2.60. The van der Waals surface area contributed by atoms with Crippen LogP contribution in [0.3, 0.4) is 0 Å². The van der Waals surface area contributed by atoms with Gasteiger partial charge in [0, 0.05) is 61.8 Å². The highest BCUT2D eigenvalue weighted by Gasteiger charge is 2.26. The first-order chi connectivity index (χ1) is 27.6. The number of benzene rings is 3. The maximum Gasteiger partial charge on any atom is 0.251 e. The van der Waals surface area contributed by atoms with Gasteiger partial charge in [0.25, 0.3) is 5.91 Å². The third kappa shape index (κ3) is 12.5. The van der Waals surface area contributed by atoms with Gasteiger partial charge in [-0.3, -0.25) is 33.9 Å². The Kier molecular flexibility index (Phi) is 15.3. The highest BCUT2D eigenvalue weighted by atomic mass is 16.5. The molecule has 0 saturated heterocycles. The number of carbonyl (C=O) groups is 5. The monoisotopic (exact) mass is 779 g/mol. The lowest BCUT2D eigenvalue weighted by Gasteiger charge is -2.25. The van der Waals surface area contributed by atoms with Crippen LogP contribution in [-0.4, -0.2) is 90.3 Å². The van der Waals surface area contributed by atoms with Crippen molar-refractivity contribution >= 4 is 29.5 Å². The summed E-state index contributed by atoms with van der Waals surface area (Å²) in [5.74, 6) is -0.571. The van der Waals surface area contributed by atoms with Crippen LogP contribution in [0.5, 0.6) is 23.0 Å². The average molecular weight is 780 g/mol. The summed E-state index contributed by atoms with van der Waals surface area (Å²) in [6.45, 7) is 1.87. The van der Waals surface area contributed by atoms with Crippen LogP contribution in [-0.2, 0) is 38.6 Å². The fourth-order valence-electron chi connectivity index (χ4n) is 6.19. The van der Waals surface area contributed by atoms with Crippen molar-refractivity contribution in [1.82, 2.24) is 36.1 Å². The van der Waals surface area contributed by atoms with Crippen molar-refractivity contribution in [2.75, 3.05) is 33.9 Å². The molecule has 3 aromatic carbocycles. The number of methoxy groups -OCH3 is 2. The summed E-state index contributed by atoms with van der Waals surface area (Å²) < 4.78 is 17.2. The number of carbonyl (C=O) groups excluding carboxylic acids is 5. The lowest BCUT2D eigenvalue weighted by atomic mass is 10.0. The van der Waals surface area contributed by atoms with Crippen molar-refractivity contribution in [1.29, 1.82) is 0 Å². The Balaban J connectivity index is 1.38. The van der Waals surface area contributed by atoms with Gasteiger partial charge >= 0.3 is 0 Å². The van der Waals surface area contributed by atoms with E-state index in [0.717, 1.165) is 5.56 Å². The van der Waals surface area contributed by atoms with Gasteiger partial charge in [0.2, 0.25) is 23.6 Å². The second kappa shape index (κ2) is 21.0. The molecule has 4 bridgehead atoms. The van der Waals surface area contributed by atoms with Gasteiger partial charge < -0.3 is 40.4 Å². The maximum absolute atomic E-state index is 13.7. The smallest absolute Gasteiger partial charge is 0.251 e. The minimum absolute atomic E-state index is 0.0797. The quantitative estimate of drug-likeness (QED) is 0.193. The molecular weight excluding hydrogens is 731 g/mol. The van der Waals surface area contributed by atoms with Gasteiger partial charge in [0.05, 0.1) is 26.5 Å². The molecular formula is C42H49N7O8. The third-order valence-corrected chi connectivity index (χ3v) is 9.37. The summed E-state index contributed by atoms with van der Waals surface area (Å²) >= 11 is 0. The number of ether oxygens (including phenoxy) is 3. The van der Waals surface area contributed by atoms with E-state index >= 15 is 0 Å². The van der Waals surface area contributed by atoms with Gasteiger partial charge in [0.1, 0.15) is 23.6 Å². The van der Waals surface area contributed by atoms with E-state index in [9.17, 15) is 24.0 Å².